The Morgan fingerprint density at radius 3 is 2.38 bits per heavy atom. The molecule has 1 aliphatic carbocycles. The zero-order valence-corrected chi connectivity index (χ0v) is 14.5. The Morgan fingerprint density at radius 2 is 1.75 bits per heavy atom. The second-order valence-electron chi connectivity index (χ2n) is 6.32. The van der Waals surface area contributed by atoms with Crippen molar-refractivity contribution < 1.29 is 14.3 Å². The number of benzene rings is 1. The highest BCUT2D eigenvalue weighted by Crippen LogP contribution is 2.17. The van der Waals surface area contributed by atoms with E-state index in [1.54, 1.807) is 24.3 Å². The highest BCUT2D eigenvalue weighted by molar-refractivity contribution is 5.90. The van der Waals surface area contributed by atoms with Gasteiger partial charge in [0.15, 0.2) is 0 Å². The van der Waals surface area contributed by atoms with Gasteiger partial charge in [-0.1, -0.05) is 32.6 Å². The fraction of sp³-hybridized carbons (Fsp3) is 0.579. The molecule has 1 amide bonds. The molecule has 0 saturated heterocycles. The van der Waals surface area contributed by atoms with Crippen LogP contribution in [0, 0.1) is 0 Å². The van der Waals surface area contributed by atoms with Gasteiger partial charge in [0, 0.05) is 11.7 Å². The first-order chi connectivity index (χ1) is 11.7. The first-order valence-corrected chi connectivity index (χ1v) is 8.99. The number of anilines is 1. The molecule has 0 atom stereocenters. The van der Waals surface area contributed by atoms with Gasteiger partial charge in [-0.3, -0.25) is 4.79 Å². The lowest BCUT2D eigenvalue weighted by atomic mass is 10.1. The summed E-state index contributed by atoms with van der Waals surface area (Å²) < 4.78 is 5.09. The van der Waals surface area contributed by atoms with Crippen molar-refractivity contribution in [2.75, 3.05) is 18.5 Å². The quantitative estimate of drug-likeness (QED) is 0.592. The van der Waals surface area contributed by atoms with Crippen LogP contribution in [0.4, 0.5) is 5.69 Å². The lowest BCUT2D eigenvalue weighted by molar-refractivity contribution is -0.120. The van der Waals surface area contributed by atoms with Crippen LogP contribution < -0.4 is 10.6 Å². The minimum absolute atomic E-state index is 0.0216. The number of carbonyl (C=O) groups is 2. The molecule has 0 radical (unpaired) electrons. The molecule has 5 nitrogen and oxygen atoms in total. The number of carbonyl (C=O) groups excluding carboxylic acids is 2. The first kappa shape index (κ1) is 18.3. The summed E-state index contributed by atoms with van der Waals surface area (Å²) in [7, 11) is 0. The molecule has 0 aromatic heterocycles. The molecule has 0 aliphatic heterocycles. The summed E-state index contributed by atoms with van der Waals surface area (Å²) >= 11 is 0. The average molecular weight is 332 g/mol. The maximum absolute atomic E-state index is 12.0. The molecule has 0 heterocycles. The molecular weight excluding hydrogens is 304 g/mol. The van der Waals surface area contributed by atoms with Gasteiger partial charge in [0.2, 0.25) is 5.91 Å². The Balaban J connectivity index is 1.75. The maximum atomic E-state index is 12.0. The number of esters is 1. The largest absolute Gasteiger partial charge is 0.462 e. The van der Waals surface area contributed by atoms with Gasteiger partial charge in [-0.25, -0.2) is 4.79 Å². The monoisotopic (exact) mass is 332 g/mol. The van der Waals surface area contributed by atoms with Crippen LogP contribution in [0.1, 0.15) is 62.2 Å². The van der Waals surface area contributed by atoms with Gasteiger partial charge in [0.1, 0.15) is 0 Å². The van der Waals surface area contributed by atoms with E-state index >= 15 is 0 Å². The van der Waals surface area contributed by atoms with Gasteiger partial charge >= 0.3 is 5.97 Å². The van der Waals surface area contributed by atoms with Crippen LogP contribution in [-0.2, 0) is 9.53 Å². The van der Waals surface area contributed by atoms with E-state index in [1.807, 2.05) is 6.92 Å². The summed E-state index contributed by atoms with van der Waals surface area (Å²) in [5.74, 6) is -0.289. The van der Waals surface area contributed by atoms with E-state index < -0.39 is 0 Å². The third-order valence-electron chi connectivity index (χ3n) is 4.23. The molecule has 132 valence electrons. The lowest BCUT2D eigenvalue weighted by Crippen LogP contribution is -2.38. The summed E-state index contributed by atoms with van der Waals surface area (Å²) in [5, 5.41) is 6.20. The van der Waals surface area contributed by atoms with Crippen molar-refractivity contribution in [3.05, 3.63) is 29.8 Å². The molecular formula is C19H28N2O3. The molecule has 24 heavy (non-hydrogen) atoms. The van der Waals surface area contributed by atoms with Gasteiger partial charge in [0.25, 0.3) is 0 Å². The maximum Gasteiger partial charge on any atom is 0.338 e. The smallest absolute Gasteiger partial charge is 0.338 e. The zero-order chi connectivity index (χ0) is 17.2. The fourth-order valence-electron chi connectivity index (χ4n) is 2.89. The molecule has 1 aliphatic rings. The van der Waals surface area contributed by atoms with Gasteiger partial charge < -0.3 is 15.4 Å². The van der Waals surface area contributed by atoms with Crippen LogP contribution in [-0.4, -0.2) is 31.1 Å². The van der Waals surface area contributed by atoms with Crippen LogP contribution in [0.15, 0.2) is 24.3 Å². The summed E-state index contributed by atoms with van der Waals surface area (Å²) in [6.45, 7) is 2.64. The number of nitrogens with one attached hydrogen (secondary N) is 2. The van der Waals surface area contributed by atoms with Crippen LogP contribution in [0.25, 0.3) is 0 Å². The van der Waals surface area contributed by atoms with Crippen LogP contribution >= 0.6 is 0 Å². The fourth-order valence-corrected chi connectivity index (χ4v) is 2.89. The second-order valence-corrected chi connectivity index (χ2v) is 6.32. The Morgan fingerprint density at radius 1 is 1.08 bits per heavy atom. The van der Waals surface area contributed by atoms with Crippen LogP contribution in [0.5, 0.6) is 0 Å². The zero-order valence-electron chi connectivity index (χ0n) is 14.5. The molecule has 0 spiro atoms. The SMILES string of the molecule is CCCOC(=O)c1ccc(NCC(=O)NC2CCCCCC2)cc1. The lowest BCUT2D eigenvalue weighted by Gasteiger charge is -2.16. The van der Waals surface area contributed by atoms with Crippen molar-refractivity contribution in [2.45, 2.75) is 57.9 Å². The van der Waals surface area contributed by atoms with E-state index in [9.17, 15) is 9.59 Å². The standard InChI is InChI=1S/C19H28N2O3/c1-2-13-24-19(23)15-9-11-16(12-10-15)20-14-18(22)21-17-7-5-3-4-6-8-17/h9-12,17,20H,2-8,13-14H2,1H3,(H,21,22). The summed E-state index contributed by atoms with van der Waals surface area (Å²) in [6.07, 6.45) is 7.93. The Hall–Kier alpha value is -2.04. The first-order valence-electron chi connectivity index (χ1n) is 8.99. The molecule has 5 heteroatoms. The molecule has 1 aromatic rings. The molecule has 1 saturated carbocycles. The minimum atomic E-state index is -0.311. The Kier molecular flexibility index (Phi) is 7.59. The van der Waals surface area contributed by atoms with Crippen molar-refractivity contribution in [2.24, 2.45) is 0 Å². The molecule has 0 bridgehead atoms. The minimum Gasteiger partial charge on any atom is -0.462 e. The van der Waals surface area contributed by atoms with Crippen molar-refractivity contribution >= 4 is 17.6 Å². The number of hydrogen-bond donors (Lipinski definition) is 2. The van der Waals surface area contributed by atoms with Gasteiger partial charge in [-0.15, -0.1) is 0 Å². The normalized spacial score (nSPS) is 15.4. The summed E-state index contributed by atoms with van der Waals surface area (Å²) in [5.41, 5.74) is 1.34. The summed E-state index contributed by atoms with van der Waals surface area (Å²) in [6, 6.07) is 7.33. The molecule has 1 fully saturated rings. The van der Waals surface area contributed by atoms with Crippen molar-refractivity contribution in [3.8, 4) is 0 Å². The predicted octanol–water partition coefficient (Wildman–Crippen LogP) is 3.50. The number of amides is 1. The highest BCUT2D eigenvalue weighted by Gasteiger charge is 2.14. The van der Waals surface area contributed by atoms with Gasteiger partial charge in [0.05, 0.1) is 18.7 Å². The third-order valence-corrected chi connectivity index (χ3v) is 4.23. The van der Waals surface area contributed by atoms with Crippen LogP contribution in [0.2, 0.25) is 0 Å². The summed E-state index contributed by atoms with van der Waals surface area (Å²) in [4.78, 5) is 23.8. The van der Waals surface area contributed by atoms with E-state index in [4.69, 9.17) is 4.74 Å². The van der Waals surface area contributed by atoms with Crippen molar-refractivity contribution in [1.82, 2.24) is 5.32 Å². The second kappa shape index (κ2) is 9.96. The molecule has 0 unspecified atom stereocenters. The highest BCUT2D eigenvalue weighted by atomic mass is 16.5. The van der Waals surface area contributed by atoms with E-state index in [0.29, 0.717) is 18.2 Å². The van der Waals surface area contributed by atoms with Crippen molar-refractivity contribution in [3.63, 3.8) is 0 Å². The van der Waals surface area contributed by atoms with E-state index in [2.05, 4.69) is 10.6 Å². The number of rotatable bonds is 7. The number of hydrogen-bond acceptors (Lipinski definition) is 4. The van der Waals surface area contributed by atoms with E-state index in [1.165, 1.54) is 25.7 Å². The Labute approximate surface area is 144 Å². The Bertz CT molecular complexity index is 520. The molecule has 2 rings (SSSR count). The van der Waals surface area contributed by atoms with Gasteiger partial charge in [-0.05, 0) is 43.5 Å². The molecule has 1 aromatic carbocycles. The average Bonchev–Trinajstić information content (AvgIpc) is 2.87. The van der Waals surface area contributed by atoms with Crippen LogP contribution in [0.3, 0.4) is 0 Å². The predicted molar refractivity (Wildman–Crippen MR) is 95.1 cm³/mol. The topological polar surface area (TPSA) is 67.4 Å². The molecule has 2 N–H and O–H groups in total. The van der Waals surface area contributed by atoms with Gasteiger partial charge in [-0.2, -0.15) is 0 Å². The van der Waals surface area contributed by atoms with E-state index in [0.717, 1.165) is 24.9 Å². The van der Waals surface area contributed by atoms with E-state index in [-0.39, 0.29) is 18.4 Å². The third kappa shape index (κ3) is 6.22. The number of ether oxygens (including phenoxy) is 1. The van der Waals surface area contributed by atoms with Crippen molar-refractivity contribution in [1.29, 1.82) is 0 Å².